The largest absolute Gasteiger partial charge is 0.396 e. The monoisotopic (exact) mass is 268 g/mol. The standard InChI is InChI=1S/C18H20O2/c19-12-6-11-18(16-8-2-1-3-9-16)14-20-13-15-7-4-5-10-17(15)18/h1-5,7-10,19H,6,11-14H2. The molecule has 20 heavy (non-hydrogen) atoms. The molecule has 1 heterocycles. The molecule has 104 valence electrons. The van der Waals surface area contributed by atoms with Gasteiger partial charge in [-0.3, -0.25) is 0 Å². The van der Waals surface area contributed by atoms with Crippen LogP contribution in [0.4, 0.5) is 0 Å². The molecule has 2 aromatic carbocycles. The summed E-state index contributed by atoms with van der Waals surface area (Å²) in [5.41, 5.74) is 3.77. The third kappa shape index (κ3) is 2.26. The Hall–Kier alpha value is -1.64. The Balaban J connectivity index is 2.12. The minimum absolute atomic E-state index is 0.126. The van der Waals surface area contributed by atoms with Crippen LogP contribution in [0.3, 0.4) is 0 Å². The first-order valence-electron chi connectivity index (χ1n) is 7.19. The van der Waals surface area contributed by atoms with Gasteiger partial charge in [-0.25, -0.2) is 0 Å². The molecule has 0 aliphatic carbocycles. The van der Waals surface area contributed by atoms with E-state index in [0.717, 1.165) is 12.8 Å². The van der Waals surface area contributed by atoms with E-state index in [1.165, 1.54) is 16.7 Å². The highest BCUT2D eigenvalue weighted by molar-refractivity contribution is 5.45. The SMILES string of the molecule is OCCCC1(c2ccccc2)COCc2ccccc21. The first kappa shape index (κ1) is 13.3. The molecular weight excluding hydrogens is 248 g/mol. The van der Waals surface area contributed by atoms with Crippen LogP contribution in [-0.2, 0) is 16.8 Å². The lowest BCUT2D eigenvalue weighted by Gasteiger charge is -2.39. The Labute approximate surface area is 120 Å². The fraction of sp³-hybridized carbons (Fsp3) is 0.333. The van der Waals surface area contributed by atoms with Crippen LogP contribution in [0.25, 0.3) is 0 Å². The van der Waals surface area contributed by atoms with Gasteiger partial charge in [-0.1, -0.05) is 54.6 Å². The molecule has 0 fully saturated rings. The van der Waals surface area contributed by atoms with Crippen LogP contribution in [0.1, 0.15) is 29.5 Å². The van der Waals surface area contributed by atoms with Gasteiger partial charge in [0.1, 0.15) is 0 Å². The molecule has 0 aromatic heterocycles. The van der Waals surface area contributed by atoms with Gasteiger partial charge in [0.25, 0.3) is 0 Å². The zero-order chi connectivity index (χ0) is 13.8. The predicted molar refractivity (Wildman–Crippen MR) is 79.6 cm³/mol. The van der Waals surface area contributed by atoms with Crippen molar-refractivity contribution in [2.75, 3.05) is 13.2 Å². The molecule has 1 aliphatic heterocycles. The van der Waals surface area contributed by atoms with Gasteiger partial charge in [0.15, 0.2) is 0 Å². The topological polar surface area (TPSA) is 29.5 Å². The summed E-state index contributed by atoms with van der Waals surface area (Å²) in [5.74, 6) is 0. The van der Waals surface area contributed by atoms with Crippen LogP contribution >= 0.6 is 0 Å². The number of ether oxygens (including phenoxy) is 1. The minimum Gasteiger partial charge on any atom is -0.396 e. The molecule has 1 N–H and O–H groups in total. The summed E-state index contributed by atoms with van der Waals surface area (Å²) >= 11 is 0. The zero-order valence-corrected chi connectivity index (χ0v) is 11.6. The third-order valence-corrected chi connectivity index (χ3v) is 4.23. The average molecular weight is 268 g/mol. The molecule has 2 nitrogen and oxygen atoms in total. The number of aliphatic hydroxyl groups excluding tert-OH is 1. The molecule has 1 atom stereocenters. The third-order valence-electron chi connectivity index (χ3n) is 4.23. The van der Waals surface area contributed by atoms with Crippen LogP contribution in [0.2, 0.25) is 0 Å². The summed E-state index contributed by atoms with van der Waals surface area (Å²) in [6.45, 7) is 1.59. The molecular formula is C18H20O2. The first-order chi connectivity index (χ1) is 9.87. The molecule has 3 rings (SSSR count). The molecule has 1 unspecified atom stereocenters. The first-order valence-corrected chi connectivity index (χ1v) is 7.19. The second-order valence-corrected chi connectivity index (χ2v) is 5.43. The molecule has 0 saturated heterocycles. The van der Waals surface area contributed by atoms with Crippen molar-refractivity contribution in [2.45, 2.75) is 24.9 Å². The fourth-order valence-electron chi connectivity index (χ4n) is 3.25. The highest BCUT2D eigenvalue weighted by atomic mass is 16.5. The van der Waals surface area contributed by atoms with E-state index in [4.69, 9.17) is 4.74 Å². The number of rotatable bonds is 4. The number of benzene rings is 2. The smallest absolute Gasteiger partial charge is 0.0720 e. The van der Waals surface area contributed by atoms with E-state index in [9.17, 15) is 5.11 Å². The molecule has 2 aromatic rings. The van der Waals surface area contributed by atoms with Crippen molar-refractivity contribution in [1.82, 2.24) is 0 Å². The van der Waals surface area contributed by atoms with Gasteiger partial charge >= 0.3 is 0 Å². The van der Waals surface area contributed by atoms with E-state index >= 15 is 0 Å². The van der Waals surface area contributed by atoms with Gasteiger partial charge in [-0.15, -0.1) is 0 Å². The van der Waals surface area contributed by atoms with Gasteiger partial charge in [0, 0.05) is 12.0 Å². The van der Waals surface area contributed by atoms with Crippen molar-refractivity contribution in [3.8, 4) is 0 Å². The summed E-state index contributed by atoms with van der Waals surface area (Å²) in [7, 11) is 0. The number of aliphatic hydroxyl groups is 1. The average Bonchev–Trinajstić information content (AvgIpc) is 2.54. The van der Waals surface area contributed by atoms with Crippen LogP contribution in [-0.4, -0.2) is 18.3 Å². The maximum Gasteiger partial charge on any atom is 0.0720 e. The van der Waals surface area contributed by atoms with Crippen molar-refractivity contribution in [3.05, 3.63) is 71.3 Å². The van der Waals surface area contributed by atoms with Gasteiger partial charge in [-0.2, -0.15) is 0 Å². The molecule has 1 aliphatic rings. The van der Waals surface area contributed by atoms with Crippen molar-refractivity contribution in [3.63, 3.8) is 0 Å². The molecule has 0 saturated carbocycles. The van der Waals surface area contributed by atoms with Crippen molar-refractivity contribution in [1.29, 1.82) is 0 Å². The second kappa shape index (κ2) is 5.78. The van der Waals surface area contributed by atoms with E-state index in [1.54, 1.807) is 0 Å². The Bertz CT molecular complexity index is 565. The quantitative estimate of drug-likeness (QED) is 0.922. The summed E-state index contributed by atoms with van der Waals surface area (Å²) in [6.07, 6.45) is 1.69. The van der Waals surface area contributed by atoms with E-state index < -0.39 is 0 Å². The Morgan fingerprint density at radius 1 is 1.00 bits per heavy atom. The summed E-state index contributed by atoms with van der Waals surface area (Å²) in [6, 6.07) is 19.1. The summed E-state index contributed by atoms with van der Waals surface area (Å²) in [4.78, 5) is 0. The van der Waals surface area contributed by atoms with Crippen molar-refractivity contribution in [2.24, 2.45) is 0 Å². The molecule has 0 amide bonds. The van der Waals surface area contributed by atoms with Gasteiger partial charge in [-0.05, 0) is 29.5 Å². The van der Waals surface area contributed by atoms with E-state index in [-0.39, 0.29) is 12.0 Å². The second-order valence-electron chi connectivity index (χ2n) is 5.43. The predicted octanol–water partition coefficient (Wildman–Crippen LogP) is 3.28. The van der Waals surface area contributed by atoms with E-state index in [2.05, 4.69) is 48.5 Å². The zero-order valence-electron chi connectivity index (χ0n) is 11.6. The minimum atomic E-state index is -0.126. The molecule has 0 spiro atoms. The maximum atomic E-state index is 9.27. The van der Waals surface area contributed by atoms with Crippen LogP contribution in [0, 0.1) is 0 Å². The number of hydrogen-bond acceptors (Lipinski definition) is 2. The van der Waals surface area contributed by atoms with Crippen LogP contribution in [0.5, 0.6) is 0 Å². The Kier molecular flexibility index (Phi) is 3.86. The fourth-order valence-corrected chi connectivity index (χ4v) is 3.25. The molecule has 2 heteroatoms. The summed E-state index contributed by atoms with van der Waals surface area (Å²) < 4.78 is 5.88. The van der Waals surface area contributed by atoms with E-state index in [0.29, 0.717) is 13.2 Å². The summed E-state index contributed by atoms with van der Waals surface area (Å²) in [5, 5.41) is 9.27. The van der Waals surface area contributed by atoms with Crippen molar-refractivity contribution < 1.29 is 9.84 Å². The lowest BCUT2D eigenvalue weighted by molar-refractivity contribution is 0.0594. The highest BCUT2D eigenvalue weighted by Gasteiger charge is 2.38. The number of hydrogen-bond donors (Lipinski definition) is 1. The lowest BCUT2D eigenvalue weighted by atomic mass is 9.69. The highest BCUT2D eigenvalue weighted by Crippen LogP contribution is 2.41. The van der Waals surface area contributed by atoms with Crippen molar-refractivity contribution >= 4 is 0 Å². The van der Waals surface area contributed by atoms with Gasteiger partial charge < -0.3 is 9.84 Å². The maximum absolute atomic E-state index is 9.27. The lowest BCUT2D eigenvalue weighted by Crippen LogP contribution is -2.38. The normalized spacial score (nSPS) is 21.4. The van der Waals surface area contributed by atoms with Crippen LogP contribution in [0.15, 0.2) is 54.6 Å². The van der Waals surface area contributed by atoms with E-state index in [1.807, 2.05) is 6.07 Å². The van der Waals surface area contributed by atoms with Gasteiger partial charge in [0.2, 0.25) is 0 Å². The van der Waals surface area contributed by atoms with Gasteiger partial charge in [0.05, 0.1) is 13.2 Å². The Morgan fingerprint density at radius 2 is 1.75 bits per heavy atom. The molecule has 0 radical (unpaired) electrons. The Morgan fingerprint density at radius 3 is 2.55 bits per heavy atom. The number of fused-ring (bicyclic) bond motifs is 1. The van der Waals surface area contributed by atoms with Crippen LogP contribution < -0.4 is 0 Å². The molecule has 0 bridgehead atoms.